The smallest absolute Gasteiger partial charge is 0.260 e. The first-order valence-electron chi connectivity index (χ1n) is 6.35. The van der Waals surface area contributed by atoms with Crippen LogP contribution in [0.3, 0.4) is 0 Å². The molecule has 4 nitrogen and oxygen atoms in total. The lowest BCUT2D eigenvalue weighted by Crippen LogP contribution is -2.32. The van der Waals surface area contributed by atoms with Crippen molar-refractivity contribution in [1.82, 2.24) is 4.90 Å². The summed E-state index contributed by atoms with van der Waals surface area (Å²) in [6, 6.07) is 7.21. The van der Waals surface area contributed by atoms with E-state index in [-0.39, 0.29) is 12.5 Å². The third-order valence-electron chi connectivity index (χ3n) is 3.16. The number of amides is 1. The van der Waals surface area contributed by atoms with Crippen LogP contribution in [0.4, 0.5) is 0 Å². The van der Waals surface area contributed by atoms with Gasteiger partial charge in [-0.3, -0.25) is 4.79 Å². The number of hydrogen-bond donors (Lipinski definition) is 1. The number of benzene rings is 1. The van der Waals surface area contributed by atoms with E-state index in [1.807, 2.05) is 17.0 Å². The van der Waals surface area contributed by atoms with E-state index in [2.05, 4.69) is 0 Å². The van der Waals surface area contributed by atoms with Gasteiger partial charge in [0.1, 0.15) is 5.75 Å². The minimum atomic E-state index is -0.525. The number of nitrogens with zero attached hydrogens (tertiary/aromatic N) is 1. The Bertz CT molecular complexity index is 411. The van der Waals surface area contributed by atoms with Crippen LogP contribution in [-0.2, 0) is 4.79 Å². The highest BCUT2D eigenvalue weighted by Gasteiger charge is 2.18. The summed E-state index contributed by atoms with van der Waals surface area (Å²) in [5.41, 5.74) is 0.793. The van der Waals surface area contributed by atoms with Gasteiger partial charge < -0.3 is 14.7 Å². The van der Waals surface area contributed by atoms with Crippen LogP contribution >= 0.6 is 0 Å². The molecule has 1 saturated heterocycles. The molecule has 1 atom stereocenters. The van der Waals surface area contributed by atoms with Crippen LogP contribution in [0.15, 0.2) is 24.3 Å². The van der Waals surface area contributed by atoms with Gasteiger partial charge in [-0.2, -0.15) is 0 Å². The molecular weight excluding hydrogens is 230 g/mol. The summed E-state index contributed by atoms with van der Waals surface area (Å²) in [6.45, 7) is 3.46. The lowest BCUT2D eigenvalue weighted by atomic mass is 10.1. The van der Waals surface area contributed by atoms with Crippen molar-refractivity contribution in [2.45, 2.75) is 25.9 Å². The van der Waals surface area contributed by atoms with Gasteiger partial charge in [0.25, 0.3) is 5.91 Å². The summed E-state index contributed by atoms with van der Waals surface area (Å²) in [7, 11) is 0. The van der Waals surface area contributed by atoms with Crippen molar-refractivity contribution in [3.8, 4) is 5.75 Å². The highest BCUT2D eigenvalue weighted by atomic mass is 16.5. The molecule has 4 heteroatoms. The molecule has 0 aliphatic carbocycles. The first-order chi connectivity index (χ1) is 8.66. The van der Waals surface area contributed by atoms with Crippen molar-refractivity contribution in [3.05, 3.63) is 29.8 Å². The summed E-state index contributed by atoms with van der Waals surface area (Å²) in [5, 5.41) is 9.47. The summed E-state index contributed by atoms with van der Waals surface area (Å²) >= 11 is 0. The second-order valence-electron chi connectivity index (χ2n) is 4.63. The zero-order valence-electron chi connectivity index (χ0n) is 10.6. The number of likely N-dealkylation sites (tertiary alicyclic amines) is 1. The molecule has 0 saturated carbocycles. The Labute approximate surface area is 107 Å². The largest absolute Gasteiger partial charge is 0.484 e. The molecule has 1 unspecified atom stereocenters. The Morgan fingerprint density at radius 2 is 2.17 bits per heavy atom. The third kappa shape index (κ3) is 3.23. The molecule has 0 radical (unpaired) electrons. The van der Waals surface area contributed by atoms with Crippen LogP contribution in [-0.4, -0.2) is 35.6 Å². The van der Waals surface area contributed by atoms with Crippen molar-refractivity contribution in [2.75, 3.05) is 19.7 Å². The molecule has 1 aliphatic heterocycles. The fourth-order valence-corrected chi connectivity index (χ4v) is 2.07. The third-order valence-corrected chi connectivity index (χ3v) is 3.16. The Morgan fingerprint density at radius 1 is 1.44 bits per heavy atom. The van der Waals surface area contributed by atoms with E-state index < -0.39 is 6.10 Å². The first kappa shape index (κ1) is 12.9. The number of ether oxygens (including phenoxy) is 1. The van der Waals surface area contributed by atoms with Crippen LogP contribution in [0, 0.1) is 0 Å². The molecule has 18 heavy (non-hydrogen) atoms. The normalized spacial score (nSPS) is 16.7. The fraction of sp³-hybridized carbons (Fsp3) is 0.500. The Morgan fingerprint density at radius 3 is 2.83 bits per heavy atom. The highest BCUT2D eigenvalue weighted by Crippen LogP contribution is 2.19. The van der Waals surface area contributed by atoms with E-state index in [0.29, 0.717) is 5.75 Å². The molecule has 1 fully saturated rings. The minimum Gasteiger partial charge on any atom is -0.484 e. The Hall–Kier alpha value is -1.55. The molecule has 1 amide bonds. The van der Waals surface area contributed by atoms with Gasteiger partial charge in [0.2, 0.25) is 0 Å². The number of hydrogen-bond acceptors (Lipinski definition) is 3. The van der Waals surface area contributed by atoms with Gasteiger partial charge in [0.15, 0.2) is 6.61 Å². The molecule has 98 valence electrons. The molecule has 0 spiro atoms. The zero-order valence-corrected chi connectivity index (χ0v) is 10.6. The van der Waals surface area contributed by atoms with Crippen LogP contribution in [0.25, 0.3) is 0 Å². The second-order valence-corrected chi connectivity index (χ2v) is 4.63. The van der Waals surface area contributed by atoms with Crippen molar-refractivity contribution >= 4 is 5.91 Å². The van der Waals surface area contributed by atoms with Gasteiger partial charge in [0.05, 0.1) is 6.10 Å². The number of carbonyl (C=O) groups excluding carboxylic acids is 1. The molecule has 1 aromatic rings. The van der Waals surface area contributed by atoms with E-state index in [1.165, 1.54) is 0 Å². The van der Waals surface area contributed by atoms with Crippen LogP contribution < -0.4 is 4.74 Å². The molecule has 1 N–H and O–H groups in total. The van der Waals surface area contributed by atoms with Gasteiger partial charge >= 0.3 is 0 Å². The predicted octanol–water partition coefficient (Wildman–Crippen LogP) is 1.74. The maximum Gasteiger partial charge on any atom is 0.260 e. The monoisotopic (exact) mass is 249 g/mol. The molecule has 0 bridgehead atoms. The van der Waals surface area contributed by atoms with Crippen molar-refractivity contribution < 1.29 is 14.6 Å². The van der Waals surface area contributed by atoms with Gasteiger partial charge in [-0.25, -0.2) is 0 Å². The minimum absolute atomic E-state index is 0.0370. The van der Waals surface area contributed by atoms with Crippen molar-refractivity contribution in [1.29, 1.82) is 0 Å². The van der Waals surface area contributed by atoms with Gasteiger partial charge in [-0.1, -0.05) is 12.1 Å². The summed E-state index contributed by atoms with van der Waals surface area (Å²) in [6.07, 6.45) is 1.65. The molecule has 2 rings (SSSR count). The number of carbonyl (C=O) groups is 1. The van der Waals surface area contributed by atoms with E-state index in [0.717, 1.165) is 31.5 Å². The number of aliphatic hydroxyl groups excluding tert-OH is 1. The molecule has 1 heterocycles. The van der Waals surface area contributed by atoms with E-state index in [4.69, 9.17) is 4.74 Å². The van der Waals surface area contributed by atoms with Crippen molar-refractivity contribution in [3.63, 3.8) is 0 Å². The van der Waals surface area contributed by atoms with Crippen molar-refractivity contribution in [2.24, 2.45) is 0 Å². The summed E-state index contributed by atoms with van der Waals surface area (Å²) < 4.78 is 5.47. The van der Waals surface area contributed by atoms with Gasteiger partial charge in [-0.05, 0) is 37.5 Å². The maximum atomic E-state index is 11.8. The fourth-order valence-electron chi connectivity index (χ4n) is 2.07. The standard InChI is InChI=1S/C14H19NO3/c1-11(16)12-5-4-6-13(9-12)18-10-14(17)15-7-2-3-8-15/h4-6,9,11,16H,2-3,7-8,10H2,1H3. The maximum absolute atomic E-state index is 11.8. The van der Waals surface area contributed by atoms with E-state index >= 15 is 0 Å². The number of rotatable bonds is 4. The quantitative estimate of drug-likeness (QED) is 0.884. The second kappa shape index (κ2) is 5.87. The van der Waals surface area contributed by atoms with E-state index in [1.54, 1.807) is 19.1 Å². The lowest BCUT2D eigenvalue weighted by Gasteiger charge is -2.16. The van der Waals surface area contributed by atoms with Gasteiger partial charge in [0, 0.05) is 13.1 Å². The lowest BCUT2D eigenvalue weighted by molar-refractivity contribution is -0.132. The van der Waals surface area contributed by atoms with Crippen LogP contribution in [0.1, 0.15) is 31.4 Å². The number of aliphatic hydroxyl groups is 1. The van der Waals surface area contributed by atoms with Gasteiger partial charge in [-0.15, -0.1) is 0 Å². The molecule has 0 aromatic heterocycles. The topological polar surface area (TPSA) is 49.8 Å². The predicted molar refractivity (Wildman–Crippen MR) is 68.4 cm³/mol. The average molecular weight is 249 g/mol. The van der Waals surface area contributed by atoms with Crippen LogP contribution in [0.2, 0.25) is 0 Å². The van der Waals surface area contributed by atoms with Crippen LogP contribution in [0.5, 0.6) is 5.75 Å². The summed E-state index contributed by atoms with van der Waals surface area (Å²) in [4.78, 5) is 13.6. The highest BCUT2D eigenvalue weighted by molar-refractivity contribution is 5.78. The Kier molecular flexibility index (Phi) is 4.20. The van der Waals surface area contributed by atoms with E-state index in [9.17, 15) is 9.90 Å². The molecule has 1 aliphatic rings. The molecular formula is C14H19NO3. The first-order valence-corrected chi connectivity index (χ1v) is 6.35. The average Bonchev–Trinajstić information content (AvgIpc) is 2.90. The zero-order chi connectivity index (χ0) is 13.0. The SMILES string of the molecule is CC(O)c1cccc(OCC(=O)N2CCCC2)c1. The molecule has 1 aromatic carbocycles. The summed E-state index contributed by atoms with van der Waals surface area (Å²) in [5.74, 6) is 0.663. The Balaban J connectivity index is 1.89.